The molecule has 0 fully saturated rings. The number of rotatable bonds is 5. The Bertz CT molecular complexity index is 505. The summed E-state index contributed by atoms with van der Waals surface area (Å²) in [4.78, 5) is 11.4. The quantitative estimate of drug-likeness (QED) is 0.776. The minimum atomic E-state index is -3.40. The normalized spacial score (nSPS) is 11.6. The van der Waals surface area contributed by atoms with Crippen LogP contribution in [0.5, 0.6) is 0 Å². The van der Waals surface area contributed by atoms with E-state index < -0.39 is 9.84 Å². The molecule has 1 aromatic carbocycles. The summed E-state index contributed by atoms with van der Waals surface area (Å²) in [5.74, 6) is -0.839. The first-order chi connectivity index (χ1) is 8.33. The minimum absolute atomic E-state index is 0.116. The highest BCUT2D eigenvalue weighted by Gasteiger charge is 2.16. The molecule has 0 aromatic heterocycles. The average molecular weight is 335 g/mol. The maximum atomic E-state index is 11.9. The molecule has 0 saturated carbocycles. The van der Waals surface area contributed by atoms with Gasteiger partial charge >= 0.3 is 5.97 Å². The first-order valence-corrected chi connectivity index (χ1v) is 7.92. The van der Waals surface area contributed by atoms with Crippen molar-refractivity contribution in [1.82, 2.24) is 0 Å². The first kappa shape index (κ1) is 15.2. The molecule has 0 spiro atoms. The third kappa shape index (κ3) is 4.42. The Balaban J connectivity index is 2.61. The number of carbonyl (C=O) groups is 1. The minimum Gasteiger partial charge on any atom is -0.464 e. The third-order valence-corrected chi connectivity index (χ3v) is 4.46. The van der Waals surface area contributed by atoms with Crippen LogP contribution in [0.3, 0.4) is 0 Å². The number of halogens is 1. The Morgan fingerprint density at radius 3 is 2.33 bits per heavy atom. The van der Waals surface area contributed by atoms with Gasteiger partial charge in [0.2, 0.25) is 0 Å². The van der Waals surface area contributed by atoms with Crippen LogP contribution in [0.2, 0.25) is 0 Å². The number of carbonyl (C=O) groups excluding carboxylic acids is 1. The van der Waals surface area contributed by atoms with Gasteiger partial charge in [-0.1, -0.05) is 29.8 Å². The molecule has 0 atom stereocenters. The SMILES string of the molecule is CC(C)C(=O)OCCS(=O)(=O)c1ccc(Br)cc1. The van der Waals surface area contributed by atoms with Crippen molar-refractivity contribution in [2.45, 2.75) is 18.7 Å². The highest BCUT2D eigenvalue weighted by atomic mass is 79.9. The lowest BCUT2D eigenvalue weighted by Gasteiger charge is -2.08. The van der Waals surface area contributed by atoms with Crippen molar-refractivity contribution in [3.63, 3.8) is 0 Å². The molecular weight excluding hydrogens is 320 g/mol. The number of hydrogen-bond donors (Lipinski definition) is 0. The topological polar surface area (TPSA) is 60.4 Å². The predicted octanol–water partition coefficient (Wildman–Crippen LogP) is 2.42. The maximum absolute atomic E-state index is 11.9. The molecule has 0 heterocycles. The lowest BCUT2D eigenvalue weighted by molar-refractivity contribution is -0.146. The molecule has 0 aliphatic rings. The zero-order chi connectivity index (χ0) is 13.8. The van der Waals surface area contributed by atoms with Gasteiger partial charge in [-0.2, -0.15) is 0 Å². The maximum Gasteiger partial charge on any atom is 0.308 e. The van der Waals surface area contributed by atoms with E-state index in [1.807, 2.05) is 0 Å². The van der Waals surface area contributed by atoms with Crippen molar-refractivity contribution in [2.24, 2.45) is 5.92 Å². The number of esters is 1. The molecule has 1 rings (SSSR count). The summed E-state index contributed by atoms with van der Waals surface area (Å²) in [6.45, 7) is 3.28. The van der Waals surface area contributed by atoms with Gasteiger partial charge in [0.25, 0.3) is 0 Å². The number of hydrogen-bond acceptors (Lipinski definition) is 4. The van der Waals surface area contributed by atoms with Crippen molar-refractivity contribution in [3.8, 4) is 0 Å². The number of benzene rings is 1. The Hall–Kier alpha value is -0.880. The van der Waals surface area contributed by atoms with Gasteiger partial charge in [0.1, 0.15) is 6.61 Å². The van der Waals surface area contributed by atoms with Crippen LogP contribution in [0.15, 0.2) is 33.6 Å². The summed E-state index contributed by atoms with van der Waals surface area (Å²) in [5, 5.41) is 0. The summed E-state index contributed by atoms with van der Waals surface area (Å²) in [6, 6.07) is 6.35. The van der Waals surface area contributed by atoms with E-state index in [9.17, 15) is 13.2 Å². The fourth-order valence-electron chi connectivity index (χ4n) is 1.18. The van der Waals surface area contributed by atoms with E-state index in [0.29, 0.717) is 0 Å². The van der Waals surface area contributed by atoms with E-state index in [1.165, 1.54) is 12.1 Å². The van der Waals surface area contributed by atoms with Gasteiger partial charge in [0.15, 0.2) is 9.84 Å². The molecule has 18 heavy (non-hydrogen) atoms. The van der Waals surface area contributed by atoms with Gasteiger partial charge in [0, 0.05) is 4.47 Å². The fourth-order valence-corrected chi connectivity index (χ4v) is 2.53. The Kier molecular flexibility index (Phi) is 5.34. The first-order valence-electron chi connectivity index (χ1n) is 5.48. The van der Waals surface area contributed by atoms with E-state index in [1.54, 1.807) is 26.0 Å². The molecule has 0 unspecified atom stereocenters. The Morgan fingerprint density at radius 1 is 1.28 bits per heavy atom. The Morgan fingerprint density at radius 2 is 1.83 bits per heavy atom. The highest BCUT2D eigenvalue weighted by Crippen LogP contribution is 2.15. The summed E-state index contributed by atoms with van der Waals surface area (Å²) in [6.07, 6.45) is 0. The highest BCUT2D eigenvalue weighted by molar-refractivity contribution is 9.10. The molecule has 0 aliphatic carbocycles. The van der Waals surface area contributed by atoms with E-state index in [-0.39, 0.29) is 29.1 Å². The molecule has 0 aliphatic heterocycles. The third-order valence-electron chi connectivity index (χ3n) is 2.24. The summed E-state index contributed by atoms with van der Waals surface area (Å²) in [7, 11) is -3.40. The largest absolute Gasteiger partial charge is 0.464 e. The van der Waals surface area contributed by atoms with Crippen LogP contribution in [0, 0.1) is 5.92 Å². The molecule has 1 aromatic rings. The van der Waals surface area contributed by atoms with Crippen molar-refractivity contribution >= 4 is 31.7 Å². The molecule has 100 valence electrons. The summed E-state index contributed by atoms with van der Waals surface area (Å²) >= 11 is 3.24. The van der Waals surface area contributed by atoms with Crippen LogP contribution >= 0.6 is 15.9 Å². The van der Waals surface area contributed by atoms with Crippen molar-refractivity contribution < 1.29 is 17.9 Å². The van der Waals surface area contributed by atoms with Crippen LogP contribution in [-0.2, 0) is 19.4 Å². The van der Waals surface area contributed by atoms with Crippen molar-refractivity contribution in [1.29, 1.82) is 0 Å². The van der Waals surface area contributed by atoms with Crippen LogP contribution in [0.1, 0.15) is 13.8 Å². The lowest BCUT2D eigenvalue weighted by atomic mass is 10.2. The Labute approximate surface area is 115 Å². The van der Waals surface area contributed by atoms with Crippen LogP contribution in [0.25, 0.3) is 0 Å². The fraction of sp³-hybridized carbons (Fsp3) is 0.417. The van der Waals surface area contributed by atoms with Gasteiger partial charge in [-0.15, -0.1) is 0 Å². The molecule has 0 bridgehead atoms. The second-order valence-corrected chi connectivity index (χ2v) is 7.12. The second-order valence-electron chi connectivity index (χ2n) is 4.09. The monoisotopic (exact) mass is 334 g/mol. The van der Waals surface area contributed by atoms with E-state index >= 15 is 0 Å². The summed E-state index contributed by atoms with van der Waals surface area (Å²) in [5.41, 5.74) is 0. The van der Waals surface area contributed by atoms with Gasteiger partial charge in [-0.3, -0.25) is 4.79 Å². The van der Waals surface area contributed by atoms with Crippen molar-refractivity contribution in [3.05, 3.63) is 28.7 Å². The molecule has 0 radical (unpaired) electrons. The predicted molar refractivity (Wildman–Crippen MR) is 72.0 cm³/mol. The average Bonchev–Trinajstić information content (AvgIpc) is 2.29. The van der Waals surface area contributed by atoms with Crippen LogP contribution in [-0.4, -0.2) is 26.7 Å². The molecule has 0 saturated heterocycles. The van der Waals surface area contributed by atoms with Gasteiger partial charge in [0.05, 0.1) is 16.6 Å². The van der Waals surface area contributed by atoms with Crippen molar-refractivity contribution in [2.75, 3.05) is 12.4 Å². The molecule has 0 N–H and O–H groups in total. The van der Waals surface area contributed by atoms with Gasteiger partial charge < -0.3 is 4.74 Å². The number of ether oxygens (including phenoxy) is 1. The standard InChI is InChI=1S/C12H15BrO4S/c1-9(2)12(14)17-7-8-18(15,16)11-5-3-10(13)4-6-11/h3-6,9H,7-8H2,1-2H3. The molecular formula is C12H15BrO4S. The van der Waals surface area contributed by atoms with E-state index in [2.05, 4.69) is 15.9 Å². The molecule has 0 amide bonds. The molecule has 4 nitrogen and oxygen atoms in total. The second kappa shape index (κ2) is 6.33. The van der Waals surface area contributed by atoms with E-state index in [4.69, 9.17) is 4.74 Å². The van der Waals surface area contributed by atoms with Gasteiger partial charge in [-0.25, -0.2) is 8.42 Å². The van der Waals surface area contributed by atoms with Crippen LogP contribution in [0.4, 0.5) is 0 Å². The van der Waals surface area contributed by atoms with Crippen LogP contribution < -0.4 is 0 Å². The van der Waals surface area contributed by atoms with Gasteiger partial charge in [-0.05, 0) is 24.3 Å². The molecule has 6 heteroatoms. The van der Waals surface area contributed by atoms with E-state index in [0.717, 1.165) is 4.47 Å². The summed E-state index contributed by atoms with van der Waals surface area (Å²) < 4.78 is 29.4. The smallest absolute Gasteiger partial charge is 0.308 e. The zero-order valence-electron chi connectivity index (χ0n) is 10.2. The zero-order valence-corrected chi connectivity index (χ0v) is 12.6. The lowest BCUT2D eigenvalue weighted by Crippen LogP contribution is -2.18. The number of sulfone groups is 1.